The van der Waals surface area contributed by atoms with Crippen molar-refractivity contribution < 1.29 is 18.6 Å². The molecule has 0 aliphatic heterocycles. The van der Waals surface area contributed by atoms with E-state index in [9.17, 15) is 13.9 Å². The molecule has 0 radical (unpaired) electrons. The van der Waals surface area contributed by atoms with Gasteiger partial charge in [0.15, 0.2) is 17.5 Å². The zero-order valence-electron chi connectivity index (χ0n) is 17.2. The summed E-state index contributed by atoms with van der Waals surface area (Å²) in [4.78, 5) is 6.76. The van der Waals surface area contributed by atoms with Gasteiger partial charge in [-0.1, -0.05) is 0 Å². The standard InChI is InChI=1S/C20H19F2N7O2S/c1-28(2)3-4-31-13-7-15(21)18(16(22)8-13)29-20(25-26-27-29)14-5-11(9-24-19(14)23)17-6-12(30)10-32-17/h5-10,30H,3-4H2,1-2H3,(H2,23,24). The molecule has 12 heteroatoms. The van der Waals surface area contributed by atoms with E-state index < -0.39 is 17.3 Å². The second-order valence-electron chi connectivity index (χ2n) is 7.13. The van der Waals surface area contributed by atoms with Gasteiger partial charge in [0.05, 0.1) is 5.56 Å². The molecule has 9 nitrogen and oxygen atoms in total. The largest absolute Gasteiger partial charge is 0.507 e. The van der Waals surface area contributed by atoms with Gasteiger partial charge in [-0.15, -0.1) is 16.4 Å². The molecule has 0 saturated heterocycles. The molecule has 0 saturated carbocycles. The van der Waals surface area contributed by atoms with Gasteiger partial charge in [0.2, 0.25) is 0 Å². The zero-order valence-corrected chi connectivity index (χ0v) is 18.0. The van der Waals surface area contributed by atoms with Crippen LogP contribution in [0.1, 0.15) is 0 Å². The molecule has 0 atom stereocenters. The van der Waals surface area contributed by atoms with Crippen molar-refractivity contribution >= 4 is 17.2 Å². The number of rotatable bonds is 7. The summed E-state index contributed by atoms with van der Waals surface area (Å²) in [6.07, 6.45) is 1.53. The van der Waals surface area contributed by atoms with Crippen molar-refractivity contribution in [3.63, 3.8) is 0 Å². The minimum atomic E-state index is -0.899. The number of aromatic hydroxyl groups is 1. The Bertz CT molecular complexity index is 1240. The van der Waals surface area contributed by atoms with E-state index in [4.69, 9.17) is 10.5 Å². The first-order valence-electron chi connectivity index (χ1n) is 9.42. The van der Waals surface area contributed by atoms with Gasteiger partial charge in [0, 0.05) is 40.7 Å². The lowest BCUT2D eigenvalue weighted by molar-refractivity contribution is 0.259. The van der Waals surface area contributed by atoms with E-state index >= 15 is 0 Å². The molecule has 0 unspecified atom stereocenters. The van der Waals surface area contributed by atoms with Crippen LogP contribution in [0.5, 0.6) is 11.5 Å². The van der Waals surface area contributed by atoms with Crippen LogP contribution in [0.25, 0.3) is 27.5 Å². The number of benzene rings is 1. The first kappa shape index (κ1) is 21.6. The Morgan fingerprint density at radius 2 is 1.94 bits per heavy atom. The Labute approximate surface area is 185 Å². The van der Waals surface area contributed by atoms with Gasteiger partial charge in [-0.2, -0.15) is 4.68 Å². The van der Waals surface area contributed by atoms with Crippen LogP contribution >= 0.6 is 11.3 Å². The quantitative estimate of drug-likeness (QED) is 0.434. The maximum absolute atomic E-state index is 14.9. The highest BCUT2D eigenvalue weighted by Gasteiger charge is 2.22. The predicted molar refractivity (Wildman–Crippen MR) is 116 cm³/mol. The fourth-order valence-electron chi connectivity index (χ4n) is 2.95. The molecule has 3 aromatic heterocycles. The normalized spacial score (nSPS) is 11.3. The van der Waals surface area contributed by atoms with Crippen LogP contribution in [-0.2, 0) is 0 Å². The van der Waals surface area contributed by atoms with Crippen LogP contribution in [-0.4, -0.2) is 62.4 Å². The summed E-state index contributed by atoms with van der Waals surface area (Å²) in [6.45, 7) is 0.862. The monoisotopic (exact) mass is 459 g/mol. The molecule has 1 aromatic carbocycles. The lowest BCUT2D eigenvalue weighted by atomic mass is 10.1. The van der Waals surface area contributed by atoms with Crippen LogP contribution in [0, 0.1) is 11.6 Å². The highest BCUT2D eigenvalue weighted by atomic mass is 32.1. The van der Waals surface area contributed by atoms with Crippen LogP contribution in [0.4, 0.5) is 14.6 Å². The summed E-state index contributed by atoms with van der Waals surface area (Å²) in [5.41, 5.74) is 6.47. The Morgan fingerprint density at radius 1 is 1.19 bits per heavy atom. The number of nitrogens with zero attached hydrogens (tertiary/aromatic N) is 6. The van der Waals surface area contributed by atoms with Gasteiger partial charge in [-0.25, -0.2) is 13.8 Å². The Kier molecular flexibility index (Phi) is 5.97. The molecular weight excluding hydrogens is 440 g/mol. The average Bonchev–Trinajstić information content (AvgIpc) is 3.37. The van der Waals surface area contributed by atoms with Gasteiger partial charge in [-0.3, -0.25) is 0 Å². The lowest BCUT2D eigenvalue weighted by Crippen LogP contribution is -2.19. The van der Waals surface area contributed by atoms with Crippen molar-refractivity contribution in [2.24, 2.45) is 0 Å². The summed E-state index contributed by atoms with van der Waals surface area (Å²) >= 11 is 1.30. The minimum Gasteiger partial charge on any atom is -0.507 e. The van der Waals surface area contributed by atoms with E-state index in [1.165, 1.54) is 17.5 Å². The fraction of sp³-hybridized carbons (Fsp3) is 0.200. The zero-order chi connectivity index (χ0) is 22.8. The van der Waals surface area contributed by atoms with E-state index in [1.807, 2.05) is 19.0 Å². The van der Waals surface area contributed by atoms with Crippen LogP contribution in [0.3, 0.4) is 0 Å². The molecule has 0 bridgehead atoms. The third-order valence-corrected chi connectivity index (χ3v) is 5.48. The Hall–Kier alpha value is -3.64. The molecular formula is C20H19F2N7O2S. The SMILES string of the molecule is CN(C)CCOc1cc(F)c(-n2nnnc2-c2cc(-c3cc(O)cs3)cnc2N)c(F)c1. The smallest absolute Gasteiger partial charge is 0.191 e. The third-order valence-electron chi connectivity index (χ3n) is 4.51. The first-order valence-corrected chi connectivity index (χ1v) is 10.3. The number of ether oxygens (including phenoxy) is 1. The van der Waals surface area contributed by atoms with E-state index in [2.05, 4.69) is 20.5 Å². The number of anilines is 1. The van der Waals surface area contributed by atoms with E-state index in [-0.39, 0.29) is 35.3 Å². The van der Waals surface area contributed by atoms with Crippen molar-refractivity contribution in [2.45, 2.75) is 0 Å². The maximum Gasteiger partial charge on any atom is 0.191 e. The highest BCUT2D eigenvalue weighted by molar-refractivity contribution is 7.13. The lowest BCUT2D eigenvalue weighted by Gasteiger charge is -2.13. The average molecular weight is 459 g/mol. The van der Waals surface area contributed by atoms with Gasteiger partial charge < -0.3 is 20.5 Å². The molecule has 0 amide bonds. The summed E-state index contributed by atoms with van der Waals surface area (Å²) in [7, 11) is 3.73. The summed E-state index contributed by atoms with van der Waals surface area (Å²) in [5.74, 6) is -1.54. The number of likely N-dealkylation sites (N-methyl/N-ethyl adjacent to an activating group) is 1. The van der Waals surface area contributed by atoms with Gasteiger partial charge in [0.1, 0.15) is 29.6 Å². The molecule has 166 valence electrons. The molecule has 3 N–H and O–H groups in total. The van der Waals surface area contributed by atoms with Gasteiger partial charge in [0.25, 0.3) is 0 Å². The van der Waals surface area contributed by atoms with Gasteiger partial charge in [-0.05, 0) is 36.7 Å². The number of hydrogen-bond donors (Lipinski definition) is 2. The van der Waals surface area contributed by atoms with Crippen molar-refractivity contribution in [3.8, 4) is 39.0 Å². The summed E-state index contributed by atoms with van der Waals surface area (Å²) in [6, 6.07) is 5.36. The third kappa shape index (κ3) is 4.36. The molecule has 4 aromatic rings. The molecule has 4 rings (SSSR count). The molecule has 0 spiro atoms. The topological polar surface area (TPSA) is 115 Å². The molecule has 0 aliphatic rings. The van der Waals surface area contributed by atoms with Crippen molar-refractivity contribution in [1.82, 2.24) is 30.1 Å². The fourth-order valence-corrected chi connectivity index (χ4v) is 3.70. The number of thiophene rings is 1. The van der Waals surface area contributed by atoms with E-state index in [0.29, 0.717) is 12.1 Å². The summed E-state index contributed by atoms with van der Waals surface area (Å²) < 4.78 is 36.1. The predicted octanol–water partition coefficient (Wildman–Crippen LogP) is 2.96. The minimum absolute atomic E-state index is 0.0108. The second-order valence-corrected chi connectivity index (χ2v) is 8.04. The number of halogens is 2. The molecule has 0 fully saturated rings. The maximum atomic E-state index is 14.9. The van der Waals surface area contributed by atoms with Crippen LogP contribution in [0.2, 0.25) is 0 Å². The number of nitrogen functional groups attached to an aromatic ring is 1. The molecule has 0 aliphatic carbocycles. The first-order chi connectivity index (χ1) is 15.3. The number of nitrogens with two attached hydrogens (primary N) is 1. The van der Waals surface area contributed by atoms with Crippen LogP contribution in [0.15, 0.2) is 35.8 Å². The Balaban J connectivity index is 1.72. The molecule has 32 heavy (non-hydrogen) atoms. The second kappa shape index (κ2) is 8.85. The molecule has 3 heterocycles. The number of aromatic nitrogens is 5. The van der Waals surface area contributed by atoms with Crippen LogP contribution < -0.4 is 10.5 Å². The van der Waals surface area contributed by atoms with Gasteiger partial charge >= 0.3 is 0 Å². The summed E-state index contributed by atoms with van der Waals surface area (Å²) in [5, 5.41) is 22.4. The number of pyridine rings is 1. The number of tetrazole rings is 1. The Morgan fingerprint density at radius 3 is 2.59 bits per heavy atom. The highest BCUT2D eigenvalue weighted by Crippen LogP contribution is 2.35. The van der Waals surface area contributed by atoms with E-state index in [1.54, 1.807) is 17.5 Å². The van der Waals surface area contributed by atoms with E-state index in [0.717, 1.165) is 21.7 Å². The van der Waals surface area contributed by atoms with Crippen molar-refractivity contribution in [2.75, 3.05) is 33.0 Å². The number of hydrogen-bond acceptors (Lipinski definition) is 9. The van der Waals surface area contributed by atoms with Crippen molar-refractivity contribution in [1.29, 1.82) is 0 Å². The van der Waals surface area contributed by atoms with Crippen molar-refractivity contribution in [3.05, 3.63) is 47.5 Å².